The van der Waals surface area contributed by atoms with Gasteiger partial charge in [-0.2, -0.15) is 5.26 Å². The van der Waals surface area contributed by atoms with E-state index in [0.717, 1.165) is 13.2 Å². The Kier molecular flexibility index (Phi) is 3.74. The monoisotopic (exact) mass is 231 g/mol. The number of carbonyl (C=O) groups excluding carboxylic acids is 1. The zero-order valence-electron chi connectivity index (χ0n) is 8.63. The van der Waals surface area contributed by atoms with E-state index in [2.05, 4.69) is 21.6 Å². The zero-order chi connectivity index (χ0) is 12.8. The van der Waals surface area contributed by atoms with Gasteiger partial charge in [0.25, 0.3) is 0 Å². The van der Waals surface area contributed by atoms with Crippen molar-refractivity contribution in [3.63, 3.8) is 0 Å². The van der Waals surface area contributed by atoms with Gasteiger partial charge in [0.15, 0.2) is 0 Å². The van der Waals surface area contributed by atoms with Crippen molar-refractivity contribution in [1.29, 1.82) is 5.26 Å². The minimum absolute atomic E-state index is 0.154. The molecule has 0 aliphatic heterocycles. The molecule has 1 aromatic rings. The van der Waals surface area contributed by atoms with Gasteiger partial charge in [-0.05, 0) is 0 Å². The van der Waals surface area contributed by atoms with Crippen LogP contribution in [0.25, 0.3) is 0 Å². The number of ether oxygens (including phenoxy) is 1. The lowest BCUT2D eigenvalue weighted by Gasteiger charge is -1.94. The molecular formula is C10H5N3O4. The molecule has 0 radical (unpaired) electrons. The molecule has 0 amide bonds. The van der Waals surface area contributed by atoms with Crippen LogP contribution in [-0.4, -0.2) is 23.0 Å². The normalized spacial score (nSPS) is 8.47. The van der Waals surface area contributed by atoms with Crippen molar-refractivity contribution in [3.8, 4) is 17.9 Å². The standard InChI is InChI=1S/C10H5N3O4/c1-17-10(14)3-2-7-4-9(13(15)16)8(5-11)12-6-7/h4,6H,1H3. The van der Waals surface area contributed by atoms with Gasteiger partial charge >= 0.3 is 11.7 Å². The van der Waals surface area contributed by atoms with E-state index in [1.54, 1.807) is 6.07 Å². The Bertz CT molecular complexity index is 577. The Balaban J connectivity index is 3.17. The van der Waals surface area contributed by atoms with Crippen molar-refractivity contribution >= 4 is 11.7 Å². The molecule has 0 aromatic carbocycles. The number of aromatic nitrogens is 1. The van der Waals surface area contributed by atoms with Gasteiger partial charge in [-0.3, -0.25) is 10.1 Å². The molecule has 7 heteroatoms. The average molecular weight is 231 g/mol. The molecule has 17 heavy (non-hydrogen) atoms. The van der Waals surface area contributed by atoms with Gasteiger partial charge in [-0.1, -0.05) is 5.92 Å². The van der Waals surface area contributed by atoms with Gasteiger partial charge in [-0.15, -0.1) is 0 Å². The van der Waals surface area contributed by atoms with E-state index in [-0.39, 0.29) is 11.3 Å². The first kappa shape index (κ1) is 12.1. The van der Waals surface area contributed by atoms with Crippen LogP contribution in [0.4, 0.5) is 5.69 Å². The van der Waals surface area contributed by atoms with Gasteiger partial charge in [-0.25, -0.2) is 9.78 Å². The second-order valence-electron chi connectivity index (χ2n) is 2.70. The van der Waals surface area contributed by atoms with Crippen LogP contribution in [0.5, 0.6) is 0 Å². The highest BCUT2D eigenvalue weighted by molar-refractivity contribution is 5.89. The van der Waals surface area contributed by atoms with Gasteiger partial charge in [0, 0.05) is 18.2 Å². The Labute approximate surface area is 95.8 Å². The molecule has 0 aliphatic rings. The van der Waals surface area contributed by atoms with E-state index in [1.165, 1.54) is 6.20 Å². The molecule has 0 bridgehead atoms. The Morgan fingerprint density at radius 1 is 1.65 bits per heavy atom. The maximum absolute atomic E-state index is 10.7. The maximum atomic E-state index is 10.7. The van der Waals surface area contributed by atoms with Crippen molar-refractivity contribution in [2.24, 2.45) is 0 Å². The fourth-order valence-electron chi connectivity index (χ4n) is 0.921. The zero-order valence-corrected chi connectivity index (χ0v) is 8.63. The third-order valence-corrected chi connectivity index (χ3v) is 1.66. The number of nitrogens with zero attached hydrogens (tertiary/aromatic N) is 3. The number of pyridine rings is 1. The molecule has 0 N–H and O–H groups in total. The van der Waals surface area contributed by atoms with Crippen molar-refractivity contribution < 1.29 is 14.5 Å². The van der Waals surface area contributed by atoms with Crippen LogP contribution in [0.15, 0.2) is 12.3 Å². The fourth-order valence-corrected chi connectivity index (χ4v) is 0.921. The van der Waals surface area contributed by atoms with Crippen LogP contribution in [0.1, 0.15) is 11.3 Å². The van der Waals surface area contributed by atoms with Crippen LogP contribution < -0.4 is 0 Å². The van der Waals surface area contributed by atoms with Gasteiger partial charge in [0.2, 0.25) is 5.69 Å². The number of rotatable bonds is 1. The van der Waals surface area contributed by atoms with E-state index in [4.69, 9.17) is 5.26 Å². The van der Waals surface area contributed by atoms with Crippen LogP contribution in [-0.2, 0) is 9.53 Å². The molecule has 7 nitrogen and oxygen atoms in total. The number of methoxy groups -OCH3 is 1. The first-order chi connectivity index (χ1) is 8.08. The van der Waals surface area contributed by atoms with Crippen LogP contribution in [0.3, 0.4) is 0 Å². The van der Waals surface area contributed by atoms with Crippen molar-refractivity contribution in [1.82, 2.24) is 4.98 Å². The summed E-state index contributed by atoms with van der Waals surface area (Å²) in [5.74, 6) is 3.67. The third-order valence-electron chi connectivity index (χ3n) is 1.66. The molecule has 0 saturated heterocycles. The summed E-state index contributed by atoms with van der Waals surface area (Å²) in [6.07, 6.45) is 1.17. The van der Waals surface area contributed by atoms with Crippen LogP contribution in [0, 0.1) is 33.3 Å². The molecule has 84 valence electrons. The Morgan fingerprint density at radius 2 is 2.35 bits per heavy atom. The van der Waals surface area contributed by atoms with Crippen molar-refractivity contribution in [3.05, 3.63) is 33.6 Å². The largest absolute Gasteiger partial charge is 0.459 e. The SMILES string of the molecule is COC(=O)C#Cc1cnc(C#N)c([N+](=O)[O-])c1. The Hall–Kier alpha value is -2.93. The summed E-state index contributed by atoms with van der Waals surface area (Å²) in [7, 11) is 1.16. The topological polar surface area (TPSA) is 106 Å². The number of carbonyl (C=O) groups is 1. The lowest BCUT2D eigenvalue weighted by Crippen LogP contribution is -1.97. The second-order valence-corrected chi connectivity index (χ2v) is 2.70. The first-order valence-electron chi connectivity index (χ1n) is 4.23. The summed E-state index contributed by atoms with van der Waals surface area (Å²) in [6, 6.07) is 2.66. The minimum Gasteiger partial charge on any atom is -0.459 e. The summed E-state index contributed by atoms with van der Waals surface area (Å²) in [4.78, 5) is 24.1. The van der Waals surface area contributed by atoms with E-state index in [0.29, 0.717) is 0 Å². The van der Waals surface area contributed by atoms with Crippen LogP contribution in [0.2, 0.25) is 0 Å². The number of esters is 1. The third kappa shape index (κ3) is 3.01. The fraction of sp³-hybridized carbons (Fsp3) is 0.100. The highest BCUT2D eigenvalue weighted by Gasteiger charge is 2.15. The molecule has 0 atom stereocenters. The molecule has 0 unspecified atom stereocenters. The summed E-state index contributed by atoms with van der Waals surface area (Å²) < 4.78 is 4.28. The quantitative estimate of drug-likeness (QED) is 0.299. The number of nitro groups is 1. The van der Waals surface area contributed by atoms with Crippen molar-refractivity contribution in [2.45, 2.75) is 0 Å². The highest BCUT2D eigenvalue weighted by Crippen LogP contribution is 2.16. The lowest BCUT2D eigenvalue weighted by molar-refractivity contribution is -0.385. The molecule has 0 aliphatic carbocycles. The first-order valence-corrected chi connectivity index (χ1v) is 4.23. The number of hydrogen-bond acceptors (Lipinski definition) is 6. The van der Waals surface area contributed by atoms with E-state index in [1.807, 2.05) is 0 Å². The molecule has 1 aromatic heterocycles. The number of hydrogen-bond donors (Lipinski definition) is 0. The second kappa shape index (κ2) is 5.24. The molecule has 1 heterocycles. The van der Waals surface area contributed by atoms with E-state index < -0.39 is 16.6 Å². The molecule has 0 fully saturated rings. The van der Waals surface area contributed by atoms with E-state index >= 15 is 0 Å². The van der Waals surface area contributed by atoms with Crippen molar-refractivity contribution in [2.75, 3.05) is 7.11 Å². The summed E-state index contributed by atoms with van der Waals surface area (Å²) in [5, 5.41) is 19.2. The van der Waals surface area contributed by atoms with E-state index in [9.17, 15) is 14.9 Å². The Morgan fingerprint density at radius 3 is 2.88 bits per heavy atom. The van der Waals surface area contributed by atoms with Gasteiger partial charge < -0.3 is 4.74 Å². The average Bonchev–Trinajstić information content (AvgIpc) is 2.35. The number of nitriles is 1. The predicted molar refractivity (Wildman–Crippen MR) is 54.5 cm³/mol. The smallest absolute Gasteiger partial charge is 0.384 e. The van der Waals surface area contributed by atoms with Gasteiger partial charge in [0.05, 0.1) is 17.6 Å². The maximum Gasteiger partial charge on any atom is 0.384 e. The molecule has 1 rings (SSSR count). The van der Waals surface area contributed by atoms with Crippen LogP contribution >= 0.6 is 0 Å². The van der Waals surface area contributed by atoms with Gasteiger partial charge in [0.1, 0.15) is 6.07 Å². The lowest BCUT2D eigenvalue weighted by atomic mass is 10.2. The predicted octanol–water partition coefficient (Wildman–Crippen LogP) is 0.386. The minimum atomic E-state index is -0.767. The molecule has 0 spiro atoms. The molecule has 0 saturated carbocycles. The summed E-state index contributed by atoms with van der Waals surface area (Å²) in [6.45, 7) is 0. The summed E-state index contributed by atoms with van der Waals surface area (Å²) >= 11 is 0. The summed E-state index contributed by atoms with van der Waals surface area (Å²) in [5.41, 5.74) is -0.608. The highest BCUT2D eigenvalue weighted by atomic mass is 16.6. The molecular weight excluding hydrogens is 226 g/mol.